The molecule has 2 unspecified atom stereocenters. The van der Waals surface area contributed by atoms with Gasteiger partial charge in [0.1, 0.15) is 18.4 Å². The monoisotopic (exact) mass is 587 g/mol. The van der Waals surface area contributed by atoms with Gasteiger partial charge in [-0.2, -0.15) is 0 Å². The topological polar surface area (TPSA) is 85.4 Å². The van der Waals surface area contributed by atoms with E-state index in [4.69, 9.17) is 4.74 Å². The predicted molar refractivity (Wildman–Crippen MR) is 166 cm³/mol. The Morgan fingerprint density at radius 1 is 0.907 bits per heavy atom. The first kappa shape index (κ1) is 29.6. The number of amides is 3. The van der Waals surface area contributed by atoms with Crippen LogP contribution >= 0.6 is 0 Å². The fraction of sp³-hybridized carbons (Fsp3) is 0.559. The Hall–Kier alpha value is -3.43. The van der Waals surface area contributed by atoms with Crippen LogP contribution in [0.2, 0.25) is 0 Å². The molecule has 2 aromatic carbocycles. The number of rotatable bonds is 7. The number of ether oxygens (including phenoxy) is 1. The molecule has 0 spiro atoms. The van der Waals surface area contributed by atoms with E-state index in [-0.39, 0.29) is 29.7 Å². The van der Waals surface area contributed by atoms with E-state index < -0.39 is 6.04 Å². The highest BCUT2D eigenvalue weighted by Gasteiger charge is 2.39. The van der Waals surface area contributed by atoms with Crippen molar-refractivity contribution in [1.29, 1.82) is 0 Å². The maximum atomic E-state index is 13.0. The molecular formula is C34H45N5O4. The molecule has 0 aromatic heterocycles. The number of nitrogens with one attached hydrogen (secondary N) is 1. The van der Waals surface area contributed by atoms with Crippen LogP contribution in [0.1, 0.15) is 74.4 Å². The van der Waals surface area contributed by atoms with Gasteiger partial charge in [0.25, 0.3) is 5.91 Å². The number of nitrogens with zero attached hydrogens (tertiary/aromatic N) is 4. The maximum Gasteiger partial charge on any atom is 0.255 e. The van der Waals surface area contributed by atoms with Gasteiger partial charge in [-0.1, -0.05) is 18.6 Å². The summed E-state index contributed by atoms with van der Waals surface area (Å²) >= 11 is 0. The molecule has 0 saturated carbocycles. The summed E-state index contributed by atoms with van der Waals surface area (Å²) in [5, 5.41) is 2.36. The second-order valence-electron chi connectivity index (χ2n) is 13.5. The summed E-state index contributed by atoms with van der Waals surface area (Å²) < 4.78 is 6.31. The number of fused-ring (bicyclic) bond motifs is 1. The Bertz CT molecular complexity index is 1350. The molecule has 2 atom stereocenters. The summed E-state index contributed by atoms with van der Waals surface area (Å²) in [5.74, 6) is -0.0779. The average Bonchev–Trinajstić information content (AvgIpc) is 3.32. The second kappa shape index (κ2) is 12.3. The Morgan fingerprint density at radius 2 is 1.67 bits per heavy atom. The van der Waals surface area contributed by atoms with Crippen LogP contribution in [0.25, 0.3) is 0 Å². The van der Waals surface area contributed by atoms with Crippen molar-refractivity contribution in [3.63, 3.8) is 0 Å². The van der Waals surface area contributed by atoms with Crippen molar-refractivity contribution in [3.05, 3.63) is 59.2 Å². The molecule has 1 N–H and O–H groups in total. The molecule has 0 radical (unpaired) electrons. The predicted octanol–water partition coefficient (Wildman–Crippen LogP) is 3.80. The molecule has 2 aromatic rings. The van der Waals surface area contributed by atoms with Crippen LogP contribution in [-0.4, -0.2) is 89.4 Å². The van der Waals surface area contributed by atoms with Crippen molar-refractivity contribution < 1.29 is 19.1 Å². The smallest absolute Gasteiger partial charge is 0.255 e. The Kier molecular flexibility index (Phi) is 8.47. The summed E-state index contributed by atoms with van der Waals surface area (Å²) in [6.07, 6.45) is 4.11. The number of likely N-dealkylation sites (tertiary alicyclic amines) is 1. The molecule has 9 nitrogen and oxygen atoms in total. The summed E-state index contributed by atoms with van der Waals surface area (Å²) in [7, 11) is 0. The Morgan fingerprint density at radius 3 is 2.40 bits per heavy atom. The zero-order valence-corrected chi connectivity index (χ0v) is 25.8. The van der Waals surface area contributed by atoms with Crippen molar-refractivity contribution in [2.24, 2.45) is 0 Å². The van der Waals surface area contributed by atoms with Crippen LogP contribution in [0.5, 0.6) is 5.75 Å². The van der Waals surface area contributed by atoms with Crippen molar-refractivity contribution in [3.8, 4) is 5.75 Å². The molecule has 6 rings (SSSR count). The van der Waals surface area contributed by atoms with Crippen molar-refractivity contribution in [1.82, 2.24) is 20.0 Å². The summed E-state index contributed by atoms with van der Waals surface area (Å²) in [6.45, 7) is 14.1. The quantitative estimate of drug-likeness (QED) is 0.494. The first-order valence-electron chi connectivity index (χ1n) is 15.9. The van der Waals surface area contributed by atoms with Crippen LogP contribution in [0.15, 0.2) is 42.5 Å². The third-order valence-corrected chi connectivity index (χ3v) is 9.60. The molecule has 3 saturated heterocycles. The molecule has 3 amide bonds. The minimum Gasteiger partial charge on any atom is -0.492 e. The number of carbonyl (C=O) groups is 3. The highest BCUT2D eigenvalue weighted by atomic mass is 16.5. The molecule has 4 aliphatic rings. The molecule has 43 heavy (non-hydrogen) atoms. The highest BCUT2D eigenvalue weighted by molar-refractivity contribution is 6.05. The van der Waals surface area contributed by atoms with Crippen LogP contribution in [-0.2, 0) is 22.7 Å². The van der Waals surface area contributed by atoms with Crippen LogP contribution in [0.3, 0.4) is 0 Å². The molecule has 0 bridgehead atoms. The van der Waals surface area contributed by atoms with Gasteiger partial charge in [0, 0.05) is 68.5 Å². The summed E-state index contributed by atoms with van der Waals surface area (Å²) in [6, 6.07) is 14.4. The SMILES string of the molecule is CC(C)(C)N1CCN(c2ccc(CN3CCCCC3COc3ccc4c(c3)CN(C3CCC(=O)NC3=O)C4=O)cc2)CC1. The highest BCUT2D eigenvalue weighted by Crippen LogP contribution is 2.31. The van der Waals surface area contributed by atoms with E-state index in [1.807, 2.05) is 18.2 Å². The van der Waals surface area contributed by atoms with Gasteiger partial charge >= 0.3 is 0 Å². The van der Waals surface area contributed by atoms with E-state index >= 15 is 0 Å². The number of anilines is 1. The third-order valence-electron chi connectivity index (χ3n) is 9.60. The van der Waals surface area contributed by atoms with E-state index in [1.54, 1.807) is 4.90 Å². The lowest BCUT2D eigenvalue weighted by Crippen LogP contribution is -2.53. The standard InChI is InChI=1S/C34H45N5O4/c1-34(2,3)38-18-16-36(17-19-38)26-9-7-24(8-10-26)21-37-15-5-4-6-27(37)23-43-28-11-12-29-25(20-28)22-39(33(29)42)30-13-14-31(40)35-32(30)41/h7-12,20,27,30H,4-6,13-19,21-23H2,1-3H3,(H,35,40,41). The molecule has 0 aliphatic carbocycles. The number of benzene rings is 2. The van der Waals surface area contributed by atoms with Gasteiger partial charge in [0.2, 0.25) is 11.8 Å². The largest absolute Gasteiger partial charge is 0.492 e. The molecule has 4 aliphatic heterocycles. The fourth-order valence-electron chi connectivity index (χ4n) is 6.97. The Labute approximate surface area is 255 Å². The van der Waals surface area contributed by atoms with E-state index in [9.17, 15) is 14.4 Å². The summed E-state index contributed by atoms with van der Waals surface area (Å²) in [5.41, 5.74) is 4.34. The normalized spacial score (nSPS) is 23.8. The number of carbonyl (C=O) groups excluding carboxylic acids is 3. The number of piperazine rings is 1. The number of piperidine rings is 2. The van der Waals surface area contributed by atoms with Crippen LogP contribution < -0.4 is 15.0 Å². The lowest BCUT2D eigenvalue weighted by molar-refractivity contribution is -0.136. The molecular weight excluding hydrogens is 542 g/mol. The van der Waals surface area contributed by atoms with Gasteiger partial charge in [-0.25, -0.2) is 0 Å². The van der Waals surface area contributed by atoms with Gasteiger partial charge in [0.15, 0.2) is 0 Å². The average molecular weight is 588 g/mol. The van der Waals surface area contributed by atoms with E-state index in [0.29, 0.717) is 31.2 Å². The fourth-order valence-corrected chi connectivity index (χ4v) is 6.97. The minimum atomic E-state index is -0.606. The molecule has 9 heteroatoms. The van der Waals surface area contributed by atoms with Gasteiger partial charge in [-0.3, -0.25) is 29.5 Å². The van der Waals surface area contributed by atoms with Gasteiger partial charge in [-0.05, 0) is 88.0 Å². The van der Waals surface area contributed by atoms with Gasteiger partial charge in [0.05, 0.1) is 0 Å². The lowest BCUT2D eigenvalue weighted by Gasteiger charge is -2.43. The second-order valence-corrected chi connectivity index (χ2v) is 13.5. The number of hydrogen-bond acceptors (Lipinski definition) is 7. The van der Waals surface area contributed by atoms with Gasteiger partial charge < -0.3 is 14.5 Å². The number of imide groups is 1. The zero-order valence-electron chi connectivity index (χ0n) is 25.8. The minimum absolute atomic E-state index is 0.160. The van der Waals surface area contributed by atoms with Crippen LogP contribution in [0, 0.1) is 0 Å². The third kappa shape index (κ3) is 6.58. The van der Waals surface area contributed by atoms with Crippen molar-refractivity contribution in [2.75, 3.05) is 44.2 Å². The number of hydrogen-bond donors (Lipinski definition) is 1. The Balaban J connectivity index is 1.03. The molecule has 4 heterocycles. The van der Waals surface area contributed by atoms with Gasteiger partial charge in [-0.15, -0.1) is 0 Å². The molecule has 230 valence electrons. The lowest BCUT2D eigenvalue weighted by atomic mass is 10.0. The van der Waals surface area contributed by atoms with E-state index in [0.717, 1.165) is 57.0 Å². The van der Waals surface area contributed by atoms with Crippen molar-refractivity contribution in [2.45, 2.75) is 83.6 Å². The maximum absolute atomic E-state index is 13.0. The van der Waals surface area contributed by atoms with E-state index in [2.05, 4.69) is 65.1 Å². The van der Waals surface area contributed by atoms with Crippen molar-refractivity contribution >= 4 is 23.4 Å². The molecule has 3 fully saturated rings. The van der Waals surface area contributed by atoms with E-state index in [1.165, 1.54) is 24.1 Å². The first-order chi connectivity index (χ1) is 20.7. The summed E-state index contributed by atoms with van der Waals surface area (Å²) in [4.78, 5) is 46.1. The zero-order chi connectivity index (χ0) is 30.1. The first-order valence-corrected chi connectivity index (χ1v) is 15.9. The van der Waals surface area contributed by atoms with Crippen LogP contribution in [0.4, 0.5) is 5.69 Å².